The molecule has 2 aromatic heterocycles. The average Bonchev–Trinajstić information content (AvgIpc) is 3.04. The molecule has 0 saturated carbocycles. The molecule has 4 rings (SSSR count). The molecule has 6 nitrogen and oxygen atoms in total. The number of aryl methyl sites for hydroxylation is 1. The molecule has 0 atom stereocenters. The van der Waals surface area contributed by atoms with Crippen LogP contribution in [0, 0.1) is 18.6 Å². The van der Waals surface area contributed by atoms with E-state index < -0.39 is 11.6 Å². The number of halogens is 2. The summed E-state index contributed by atoms with van der Waals surface area (Å²) < 4.78 is 34.2. The minimum Gasteiger partial charge on any atom is -0.421 e. The van der Waals surface area contributed by atoms with Crippen molar-refractivity contribution in [2.45, 2.75) is 6.92 Å². The van der Waals surface area contributed by atoms with Crippen molar-refractivity contribution in [3.8, 4) is 28.4 Å². The SMILES string of the molecule is Cc1ccccc1-n1nc(-c2oc(N)nc2-c2ccc(F)cc2F)ccc1=O. The highest BCUT2D eigenvalue weighted by Gasteiger charge is 2.21. The summed E-state index contributed by atoms with van der Waals surface area (Å²) in [4.78, 5) is 16.3. The van der Waals surface area contributed by atoms with Gasteiger partial charge in [-0.3, -0.25) is 4.79 Å². The molecule has 0 aliphatic rings. The molecule has 0 spiro atoms. The van der Waals surface area contributed by atoms with Gasteiger partial charge in [-0.1, -0.05) is 18.2 Å². The number of anilines is 1. The minimum atomic E-state index is -0.818. The Morgan fingerprint density at radius 3 is 2.61 bits per heavy atom. The van der Waals surface area contributed by atoms with Crippen molar-refractivity contribution in [2.75, 3.05) is 5.73 Å². The number of aromatic nitrogens is 3. The summed E-state index contributed by atoms with van der Waals surface area (Å²) in [5.41, 5.74) is 7.06. The van der Waals surface area contributed by atoms with Gasteiger partial charge in [0.1, 0.15) is 23.0 Å². The van der Waals surface area contributed by atoms with Crippen LogP contribution in [-0.2, 0) is 0 Å². The second-order valence-electron chi connectivity index (χ2n) is 6.11. The molecule has 28 heavy (non-hydrogen) atoms. The smallest absolute Gasteiger partial charge is 0.293 e. The fourth-order valence-corrected chi connectivity index (χ4v) is 2.88. The lowest BCUT2D eigenvalue weighted by molar-refractivity contribution is 0.582. The van der Waals surface area contributed by atoms with Gasteiger partial charge in [0, 0.05) is 17.7 Å². The molecule has 4 aromatic rings. The molecule has 0 unspecified atom stereocenters. The quantitative estimate of drug-likeness (QED) is 0.585. The molecule has 2 heterocycles. The van der Waals surface area contributed by atoms with Crippen molar-refractivity contribution < 1.29 is 13.2 Å². The lowest BCUT2D eigenvalue weighted by Gasteiger charge is -2.09. The van der Waals surface area contributed by atoms with Crippen molar-refractivity contribution in [1.29, 1.82) is 0 Å². The Hall–Kier alpha value is -3.81. The Balaban J connectivity index is 1.91. The van der Waals surface area contributed by atoms with Crippen LogP contribution in [0.15, 0.2) is 63.8 Å². The van der Waals surface area contributed by atoms with Gasteiger partial charge in [0.15, 0.2) is 5.76 Å². The predicted molar refractivity (Wildman–Crippen MR) is 99.8 cm³/mol. The number of nitrogen functional groups attached to an aromatic ring is 1. The number of oxazole rings is 1. The van der Waals surface area contributed by atoms with Crippen LogP contribution in [0.25, 0.3) is 28.4 Å². The van der Waals surface area contributed by atoms with Gasteiger partial charge in [0.2, 0.25) is 0 Å². The highest BCUT2D eigenvalue weighted by atomic mass is 19.1. The largest absolute Gasteiger partial charge is 0.421 e. The molecule has 0 bridgehead atoms. The van der Waals surface area contributed by atoms with Crippen LogP contribution < -0.4 is 11.3 Å². The number of nitrogens with two attached hydrogens (primary N) is 1. The molecule has 0 saturated heterocycles. The van der Waals surface area contributed by atoms with E-state index in [1.165, 1.54) is 22.9 Å². The highest BCUT2D eigenvalue weighted by Crippen LogP contribution is 2.34. The second-order valence-corrected chi connectivity index (χ2v) is 6.11. The summed E-state index contributed by atoms with van der Waals surface area (Å²) in [6.07, 6.45) is 0. The van der Waals surface area contributed by atoms with Gasteiger partial charge in [-0.2, -0.15) is 14.8 Å². The monoisotopic (exact) mass is 380 g/mol. The zero-order chi connectivity index (χ0) is 19.8. The Morgan fingerprint density at radius 1 is 1.07 bits per heavy atom. The van der Waals surface area contributed by atoms with Crippen LogP contribution in [0.5, 0.6) is 0 Å². The van der Waals surface area contributed by atoms with Crippen LogP contribution in [0.1, 0.15) is 5.56 Å². The average molecular weight is 380 g/mol. The summed E-state index contributed by atoms with van der Waals surface area (Å²) in [6.45, 7) is 1.85. The fraction of sp³-hybridized carbons (Fsp3) is 0.0500. The van der Waals surface area contributed by atoms with E-state index in [0.29, 0.717) is 5.69 Å². The Labute approximate surface area is 157 Å². The van der Waals surface area contributed by atoms with Crippen LogP contribution in [0.2, 0.25) is 0 Å². The summed E-state index contributed by atoms with van der Waals surface area (Å²) in [7, 11) is 0. The number of benzene rings is 2. The first-order valence-electron chi connectivity index (χ1n) is 8.32. The van der Waals surface area contributed by atoms with Crippen molar-refractivity contribution in [3.63, 3.8) is 0 Å². The number of hydrogen-bond acceptors (Lipinski definition) is 5. The molecule has 0 fully saturated rings. The fourth-order valence-electron chi connectivity index (χ4n) is 2.88. The summed E-state index contributed by atoms with van der Waals surface area (Å²) >= 11 is 0. The first-order valence-corrected chi connectivity index (χ1v) is 8.32. The first kappa shape index (κ1) is 17.6. The van der Waals surface area contributed by atoms with Gasteiger partial charge in [0.05, 0.1) is 5.69 Å². The van der Waals surface area contributed by atoms with Crippen molar-refractivity contribution >= 4 is 6.01 Å². The van der Waals surface area contributed by atoms with Crippen LogP contribution in [-0.4, -0.2) is 14.8 Å². The van der Waals surface area contributed by atoms with Gasteiger partial charge >= 0.3 is 0 Å². The van der Waals surface area contributed by atoms with E-state index in [1.54, 1.807) is 12.1 Å². The molecule has 0 amide bonds. The second kappa shape index (κ2) is 6.73. The third-order valence-electron chi connectivity index (χ3n) is 4.21. The maximum absolute atomic E-state index is 14.3. The number of hydrogen-bond donors (Lipinski definition) is 1. The van der Waals surface area contributed by atoms with Crippen molar-refractivity contribution in [2.24, 2.45) is 0 Å². The third-order valence-corrected chi connectivity index (χ3v) is 4.21. The maximum atomic E-state index is 14.3. The van der Waals surface area contributed by atoms with Crippen LogP contribution in [0.3, 0.4) is 0 Å². The summed E-state index contributed by atoms with van der Waals surface area (Å²) in [5.74, 6) is -1.46. The van der Waals surface area contributed by atoms with E-state index in [1.807, 2.05) is 19.1 Å². The normalized spacial score (nSPS) is 11.0. The Morgan fingerprint density at radius 2 is 1.86 bits per heavy atom. The zero-order valence-corrected chi connectivity index (χ0v) is 14.7. The van der Waals surface area contributed by atoms with Crippen LogP contribution in [0.4, 0.5) is 14.8 Å². The lowest BCUT2D eigenvalue weighted by Crippen LogP contribution is -2.21. The topological polar surface area (TPSA) is 86.9 Å². The number of rotatable bonds is 3. The van der Waals surface area contributed by atoms with Gasteiger partial charge < -0.3 is 10.2 Å². The molecular weight excluding hydrogens is 366 g/mol. The first-order chi connectivity index (χ1) is 13.4. The zero-order valence-electron chi connectivity index (χ0n) is 14.7. The molecule has 0 aliphatic heterocycles. The molecule has 0 aliphatic carbocycles. The Kier molecular flexibility index (Phi) is 4.23. The molecule has 2 aromatic carbocycles. The van der Waals surface area contributed by atoms with Crippen molar-refractivity contribution in [3.05, 3.63) is 82.1 Å². The van der Waals surface area contributed by atoms with E-state index in [0.717, 1.165) is 17.7 Å². The highest BCUT2D eigenvalue weighted by molar-refractivity contribution is 5.76. The van der Waals surface area contributed by atoms with E-state index in [2.05, 4.69) is 10.1 Å². The van der Waals surface area contributed by atoms with Crippen molar-refractivity contribution in [1.82, 2.24) is 14.8 Å². The van der Waals surface area contributed by atoms with Gasteiger partial charge in [-0.15, -0.1) is 0 Å². The van der Waals surface area contributed by atoms with E-state index in [-0.39, 0.29) is 34.3 Å². The van der Waals surface area contributed by atoms with E-state index in [9.17, 15) is 13.6 Å². The number of para-hydroxylation sites is 1. The summed E-state index contributed by atoms with van der Waals surface area (Å²) in [5, 5.41) is 4.34. The van der Waals surface area contributed by atoms with E-state index in [4.69, 9.17) is 10.2 Å². The molecule has 2 N–H and O–H groups in total. The minimum absolute atomic E-state index is 0.00675. The molecule has 8 heteroatoms. The summed E-state index contributed by atoms with van der Waals surface area (Å²) in [6, 6.07) is 12.9. The van der Waals surface area contributed by atoms with Crippen LogP contribution >= 0.6 is 0 Å². The standard InChI is InChI=1S/C20H14F2N4O2/c1-11-4-2-3-5-16(11)26-17(27)9-8-15(25-26)19-18(24-20(23)28-19)13-7-6-12(21)10-14(13)22/h2-10H,1H3,(H2,23,24). The number of nitrogens with zero attached hydrogens (tertiary/aromatic N) is 3. The van der Waals surface area contributed by atoms with Gasteiger partial charge in [0.25, 0.3) is 11.6 Å². The predicted octanol–water partition coefficient (Wildman–Crippen LogP) is 3.72. The maximum Gasteiger partial charge on any atom is 0.293 e. The molecule has 0 radical (unpaired) electrons. The van der Waals surface area contributed by atoms with Gasteiger partial charge in [-0.25, -0.2) is 8.78 Å². The van der Waals surface area contributed by atoms with Gasteiger partial charge in [-0.05, 0) is 36.8 Å². The Bertz CT molecular complexity index is 1250. The molecular formula is C20H14F2N4O2. The van der Waals surface area contributed by atoms with E-state index >= 15 is 0 Å². The molecule has 140 valence electrons. The lowest BCUT2D eigenvalue weighted by atomic mass is 10.1. The third kappa shape index (κ3) is 3.05.